The van der Waals surface area contributed by atoms with Crippen LogP contribution < -0.4 is 4.74 Å². The first-order valence-electron chi connectivity index (χ1n) is 5.49. The first kappa shape index (κ1) is 13.3. The zero-order chi connectivity index (χ0) is 12.4. The maximum absolute atomic E-state index is 6.06. The van der Waals surface area contributed by atoms with E-state index in [2.05, 4.69) is 0 Å². The second-order valence-electron chi connectivity index (χ2n) is 3.88. The van der Waals surface area contributed by atoms with Gasteiger partial charge in [0.2, 0.25) is 0 Å². The van der Waals surface area contributed by atoms with Crippen molar-refractivity contribution in [3.05, 3.63) is 28.2 Å². The van der Waals surface area contributed by atoms with E-state index in [1.807, 2.05) is 6.92 Å². The molecule has 0 aliphatic heterocycles. The summed E-state index contributed by atoms with van der Waals surface area (Å²) in [5, 5.41) is 1.01. The summed E-state index contributed by atoms with van der Waals surface area (Å²) in [6, 6.07) is 5.27. The summed E-state index contributed by atoms with van der Waals surface area (Å²) in [6.07, 6.45) is 0.581. The van der Waals surface area contributed by atoms with Gasteiger partial charge in [-0.25, -0.2) is 0 Å². The molecule has 94 valence electrons. The van der Waals surface area contributed by atoms with E-state index < -0.39 is 0 Å². The van der Waals surface area contributed by atoms with Crippen LogP contribution in [0.2, 0.25) is 10.0 Å². The Morgan fingerprint density at radius 3 is 2.47 bits per heavy atom. The molecule has 2 rings (SSSR count). The van der Waals surface area contributed by atoms with Gasteiger partial charge in [-0.1, -0.05) is 29.3 Å². The van der Waals surface area contributed by atoms with Gasteiger partial charge in [-0.2, -0.15) is 0 Å². The Bertz CT molecular complexity index is 377. The lowest BCUT2D eigenvalue weighted by molar-refractivity contribution is -0.0758. The van der Waals surface area contributed by atoms with Gasteiger partial charge in [0, 0.05) is 13.0 Å². The van der Waals surface area contributed by atoms with E-state index in [0.717, 1.165) is 6.42 Å². The van der Waals surface area contributed by atoms with Gasteiger partial charge in [0.1, 0.15) is 12.2 Å². The van der Waals surface area contributed by atoms with Crippen molar-refractivity contribution >= 4 is 34.8 Å². The van der Waals surface area contributed by atoms with Crippen LogP contribution in [0.5, 0.6) is 5.75 Å². The van der Waals surface area contributed by atoms with Crippen molar-refractivity contribution in [3.63, 3.8) is 0 Å². The zero-order valence-corrected chi connectivity index (χ0v) is 11.6. The number of alkyl halides is 1. The van der Waals surface area contributed by atoms with Crippen LogP contribution in [0, 0.1) is 0 Å². The molecule has 0 N–H and O–H groups in total. The number of benzene rings is 1. The molecule has 0 amide bonds. The van der Waals surface area contributed by atoms with Crippen LogP contribution in [0.3, 0.4) is 0 Å². The van der Waals surface area contributed by atoms with Crippen molar-refractivity contribution in [1.82, 2.24) is 0 Å². The summed E-state index contributed by atoms with van der Waals surface area (Å²) >= 11 is 18.1. The number of rotatable bonds is 4. The molecule has 0 saturated heterocycles. The second-order valence-corrected chi connectivity index (χ2v) is 5.25. The third-order valence-corrected chi connectivity index (χ3v) is 3.75. The first-order valence-corrected chi connectivity index (χ1v) is 6.69. The molecule has 3 atom stereocenters. The van der Waals surface area contributed by atoms with Crippen molar-refractivity contribution in [3.8, 4) is 5.75 Å². The van der Waals surface area contributed by atoms with Gasteiger partial charge in [-0.05, 0) is 19.1 Å². The van der Waals surface area contributed by atoms with Crippen molar-refractivity contribution in [2.45, 2.75) is 30.9 Å². The van der Waals surface area contributed by atoms with E-state index in [1.54, 1.807) is 18.2 Å². The van der Waals surface area contributed by atoms with Gasteiger partial charge < -0.3 is 9.47 Å². The SMILES string of the molecule is CCOC1C(Cl)CC1Oc1c(Cl)cccc1Cl. The molecular formula is C12H13Cl3O2. The lowest BCUT2D eigenvalue weighted by Gasteiger charge is -2.40. The Morgan fingerprint density at radius 1 is 1.29 bits per heavy atom. The molecule has 0 radical (unpaired) electrons. The van der Waals surface area contributed by atoms with Gasteiger partial charge in [-0.15, -0.1) is 11.6 Å². The minimum atomic E-state index is -0.0889. The third kappa shape index (κ3) is 2.82. The molecule has 0 aromatic heterocycles. The van der Waals surface area contributed by atoms with Gasteiger partial charge in [0.25, 0.3) is 0 Å². The van der Waals surface area contributed by atoms with Crippen LogP contribution in [0.15, 0.2) is 18.2 Å². The molecule has 1 fully saturated rings. The number of para-hydroxylation sites is 1. The van der Waals surface area contributed by atoms with Crippen LogP contribution in [0.25, 0.3) is 0 Å². The van der Waals surface area contributed by atoms with E-state index in [-0.39, 0.29) is 17.6 Å². The monoisotopic (exact) mass is 294 g/mol. The number of hydrogen-bond acceptors (Lipinski definition) is 2. The summed E-state index contributed by atoms with van der Waals surface area (Å²) in [4.78, 5) is 0. The minimum Gasteiger partial charge on any atom is -0.484 e. The fourth-order valence-corrected chi connectivity index (χ4v) is 2.69. The molecule has 1 aliphatic rings. The fraction of sp³-hybridized carbons (Fsp3) is 0.500. The highest BCUT2D eigenvalue weighted by atomic mass is 35.5. The van der Waals surface area contributed by atoms with E-state index >= 15 is 0 Å². The molecule has 0 bridgehead atoms. The zero-order valence-electron chi connectivity index (χ0n) is 9.33. The van der Waals surface area contributed by atoms with Gasteiger partial charge in [0.15, 0.2) is 5.75 Å². The summed E-state index contributed by atoms with van der Waals surface area (Å²) < 4.78 is 11.3. The highest BCUT2D eigenvalue weighted by molar-refractivity contribution is 6.37. The van der Waals surface area contributed by atoms with E-state index in [1.165, 1.54) is 0 Å². The predicted molar refractivity (Wildman–Crippen MR) is 70.6 cm³/mol. The van der Waals surface area contributed by atoms with Gasteiger partial charge in [-0.3, -0.25) is 0 Å². The van der Waals surface area contributed by atoms with Crippen LogP contribution in [-0.4, -0.2) is 24.2 Å². The van der Waals surface area contributed by atoms with Crippen LogP contribution in [-0.2, 0) is 4.74 Å². The Morgan fingerprint density at radius 2 is 1.94 bits per heavy atom. The molecule has 1 aromatic carbocycles. The molecule has 17 heavy (non-hydrogen) atoms. The molecule has 0 spiro atoms. The predicted octanol–water partition coefficient (Wildman–Crippen LogP) is 4.16. The Labute approximate surface area is 116 Å². The van der Waals surface area contributed by atoms with Crippen molar-refractivity contribution in [1.29, 1.82) is 0 Å². The summed E-state index contributed by atoms with van der Waals surface area (Å²) in [5.41, 5.74) is 0. The van der Waals surface area contributed by atoms with Gasteiger partial charge >= 0.3 is 0 Å². The first-order chi connectivity index (χ1) is 8.13. The maximum Gasteiger partial charge on any atom is 0.157 e. The van der Waals surface area contributed by atoms with Crippen LogP contribution >= 0.6 is 34.8 Å². The standard InChI is InChI=1S/C12H13Cl3O2/c1-2-16-12-9(15)6-10(12)17-11-7(13)4-3-5-8(11)14/h3-5,9-10,12H,2,6H2,1H3. The number of halogens is 3. The lowest BCUT2D eigenvalue weighted by Crippen LogP contribution is -2.52. The molecule has 1 aromatic rings. The van der Waals surface area contributed by atoms with Crippen LogP contribution in [0.1, 0.15) is 13.3 Å². The van der Waals surface area contributed by atoms with Gasteiger partial charge in [0.05, 0.1) is 15.4 Å². The van der Waals surface area contributed by atoms with Crippen LogP contribution in [0.4, 0.5) is 0 Å². The molecule has 0 heterocycles. The lowest BCUT2D eigenvalue weighted by atomic mass is 9.91. The largest absolute Gasteiger partial charge is 0.484 e. The topological polar surface area (TPSA) is 18.5 Å². The second kappa shape index (κ2) is 5.66. The summed E-state index contributed by atoms with van der Waals surface area (Å²) in [7, 11) is 0. The third-order valence-electron chi connectivity index (χ3n) is 2.73. The number of ether oxygens (including phenoxy) is 2. The van der Waals surface area contributed by atoms with Crippen molar-refractivity contribution < 1.29 is 9.47 Å². The quantitative estimate of drug-likeness (QED) is 0.777. The minimum absolute atomic E-state index is 0.00112. The van der Waals surface area contributed by atoms with E-state index in [0.29, 0.717) is 22.4 Å². The number of hydrogen-bond donors (Lipinski definition) is 0. The highest BCUT2D eigenvalue weighted by Gasteiger charge is 2.43. The molecule has 1 aliphatic carbocycles. The van der Waals surface area contributed by atoms with Crippen molar-refractivity contribution in [2.75, 3.05) is 6.61 Å². The molecule has 1 saturated carbocycles. The highest BCUT2D eigenvalue weighted by Crippen LogP contribution is 2.38. The molecule has 5 heteroatoms. The average molecular weight is 296 g/mol. The Balaban J connectivity index is 2.06. The molecular weight excluding hydrogens is 282 g/mol. The molecule has 3 unspecified atom stereocenters. The fourth-order valence-electron chi connectivity index (χ4n) is 1.79. The maximum atomic E-state index is 6.06. The summed E-state index contributed by atoms with van der Waals surface area (Å²) in [5.74, 6) is 0.508. The Kier molecular flexibility index (Phi) is 4.42. The Hall–Kier alpha value is -0.150. The summed E-state index contributed by atoms with van der Waals surface area (Å²) in [6.45, 7) is 2.55. The van der Waals surface area contributed by atoms with E-state index in [9.17, 15) is 0 Å². The molecule has 2 nitrogen and oxygen atoms in total. The van der Waals surface area contributed by atoms with E-state index in [4.69, 9.17) is 44.3 Å². The smallest absolute Gasteiger partial charge is 0.157 e. The van der Waals surface area contributed by atoms with Crippen molar-refractivity contribution in [2.24, 2.45) is 0 Å². The average Bonchev–Trinajstić information content (AvgIpc) is 2.29. The normalized spacial score (nSPS) is 27.6.